The molecule has 0 fully saturated rings. The van der Waals surface area contributed by atoms with Gasteiger partial charge in [-0.3, -0.25) is 0 Å². The summed E-state index contributed by atoms with van der Waals surface area (Å²) in [6.07, 6.45) is 0. The molecule has 306 valence electrons. The summed E-state index contributed by atoms with van der Waals surface area (Å²) in [5.74, 6) is 0. The number of hydrogen-bond donors (Lipinski definition) is 0. The second kappa shape index (κ2) is 14.6. The first kappa shape index (κ1) is 37.1. The van der Waals surface area contributed by atoms with Crippen LogP contribution in [0.25, 0.3) is 135 Å². The minimum Gasteiger partial charge on any atom is -0.309 e. The fourth-order valence-corrected chi connectivity index (χ4v) is 12.5. The third kappa shape index (κ3) is 5.40. The summed E-state index contributed by atoms with van der Waals surface area (Å²) in [5.41, 5.74) is 13.7. The predicted molar refractivity (Wildman–Crippen MR) is 285 cm³/mol. The Balaban J connectivity index is 1.06. The summed E-state index contributed by atoms with van der Waals surface area (Å²) in [5, 5.41) is 15.2. The largest absolute Gasteiger partial charge is 0.309 e. The van der Waals surface area contributed by atoms with Gasteiger partial charge in [0, 0.05) is 36.6 Å². The van der Waals surface area contributed by atoms with Gasteiger partial charge in [-0.1, -0.05) is 194 Å². The number of thiophene rings is 1. The van der Waals surface area contributed by atoms with Crippen LogP contribution in [0.5, 0.6) is 0 Å². The normalized spacial score (nSPS) is 11.9. The Morgan fingerprint density at radius 2 is 0.652 bits per heavy atom. The van der Waals surface area contributed by atoms with Crippen molar-refractivity contribution in [2.45, 2.75) is 0 Å². The lowest BCUT2D eigenvalue weighted by molar-refractivity contribution is 1.18. The average Bonchev–Trinajstić information content (AvgIpc) is 3.94. The van der Waals surface area contributed by atoms with Crippen LogP contribution in [-0.2, 0) is 0 Å². The van der Waals surface area contributed by atoms with E-state index in [4.69, 9.17) is 0 Å². The Bertz CT molecular complexity index is 4160. The van der Waals surface area contributed by atoms with Crippen molar-refractivity contribution in [3.63, 3.8) is 0 Å². The molecule has 14 aromatic rings. The molecule has 0 saturated heterocycles. The molecule has 66 heavy (non-hydrogen) atoms. The number of hydrogen-bond acceptors (Lipinski definition) is 1. The highest BCUT2D eigenvalue weighted by molar-refractivity contribution is 7.26. The third-order valence-corrected chi connectivity index (χ3v) is 15.1. The molecule has 0 saturated carbocycles. The first-order chi connectivity index (χ1) is 32.8. The SMILES string of the molecule is c1ccc(-c2c3ccccc3c(-c3cccc4sc5cccc(-c6c7ccccc7c(-c7ccc8c(c7)c7ccccc7n8-c7ccccc7)c7ccccc67)c5c34)c3ccccc23)cc1. The fourth-order valence-electron chi connectivity index (χ4n) is 11.3. The zero-order valence-electron chi connectivity index (χ0n) is 35.9. The minimum absolute atomic E-state index is 1.17. The van der Waals surface area contributed by atoms with Gasteiger partial charge in [0.05, 0.1) is 11.0 Å². The van der Waals surface area contributed by atoms with E-state index in [1.54, 1.807) is 0 Å². The Morgan fingerprint density at radius 3 is 1.15 bits per heavy atom. The van der Waals surface area contributed by atoms with Crippen LogP contribution in [0.3, 0.4) is 0 Å². The van der Waals surface area contributed by atoms with Crippen LogP contribution in [0.4, 0.5) is 0 Å². The Kier molecular flexibility index (Phi) is 8.22. The molecule has 2 heteroatoms. The van der Waals surface area contributed by atoms with Crippen LogP contribution in [0.15, 0.2) is 237 Å². The second-order valence-corrected chi connectivity index (χ2v) is 18.5. The van der Waals surface area contributed by atoms with E-state index in [1.165, 1.54) is 135 Å². The van der Waals surface area contributed by atoms with E-state index < -0.39 is 0 Å². The zero-order valence-corrected chi connectivity index (χ0v) is 36.7. The van der Waals surface area contributed by atoms with E-state index in [1.807, 2.05) is 11.3 Å². The summed E-state index contributed by atoms with van der Waals surface area (Å²) >= 11 is 1.90. The monoisotopic (exact) mass is 853 g/mol. The molecule has 0 amide bonds. The highest BCUT2D eigenvalue weighted by Gasteiger charge is 2.24. The zero-order chi connectivity index (χ0) is 43.3. The molecule has 0 bridgehead atoms. The molecule has 0 atom stereocenters. The molecule has 0 unspecified atom stereocenters. The second-order valence-electron chi connectivity index (χ2n) is 17.4. The summed E-state index contributed by atoms with van der Waals surface area (Å²) in [6, 6.07) is 87.7. The highest BCUT2D eigenvalue weighted by atomic mass is 32.1. The number of para-hydroxylation sites is 2. The number of fused-ring (bicyclic) bond motifs is 10. The van der Waals surface area contributed by atoms with Gasteiger partial charge in [-0.15, -0.1) is 11.3 Å². The van der Waals surface area contributed by atoms with E-state index in [0.29, 0.717) is 0 Å². The summed E-state index contributed by atoms with van der Waals surface area (Å²) in [6.45, 7) is 0. The van der Waals surface area contributed by atoms with Gasteiger partial charge >= 0.3 is 0 Å². The average molecular weight is 854 g/mol. The smallest absolute Gasteiger partial charge is 0.0541 e. The van der Waals surface area contributed by atoms with Crippen molar-refractivity contribution in [2.24, 2.45) is 0 Å². The maximum atomic E-state index is 2.43. The maximum absolute atomic E-state index is 2.43. The molecule has 0 aliphatic carbocycles. The summed E-state index contributed by atoms with van der Waals surface area (Å²) in [4.78, 5) is 0. The van der Waals surface area contributed by atoms with Crippen molar-refractivity contribution in [1.29, 1.82) is 0 Å². The predicted octanol–water partition coefficient (Wildman–Crippen LogP) is 18.4. The molecule has 14 rings (SSSR count). The van der Waals surface area contributed by atoms with Crippen molar-refractivity contribution in [3.8, 4) is 50.2 Å². The maximum Gasteiger partial charge on any atom is 0.0541 e. The van der Waals surface area contributed by atoms with Crippen LogP contribution in [0.1, 0.15) is 0 Å². The van der Waals surface area contributed by atoms with Gasteiger partial charge in [-0.25, -0.2) is 0 Å². The minimum atomic E-state index is 1.17. The Labute approximate surface area is 385 Å². The van der Waals surface area contributed by atoms with Crippen LogP contribution < -0.4 is 0 Å². The number of nitrogens with zero attached hydrogens (tertiary/aromatic N) is 1. The molecule has 1 nitrogen and oxygen atoms in total. The molecular formula is C64H39NS. The van der Waals surface area contributed by atoms with Gasteiger partial charge in [0.15, 0.2) is 0 Å². The van der Waals surface area contributed by atoms with Gasteiger partial charge in [-0.05, 0) is 130 Å². The van der Waals surface area contributed by atoms with Crippen molar-refractivity contribution in [2.75, 3.05) is 0 Å². The molecule has 2 aromatic heterocycles. The van der Waals surface area contributed by atoms with E-state index in [2.05, 4.69) is 241 Å². The Hall–Kier alpha value is -8.30. The number of rotatable bonds is 5. The first-order valence-corrected chi connectivity index (χ1v) is 23.6. The molecule has 0 spiro atoms. The van der Waals surface area contributed by atoms with Crippen LogP contribution >= 0.6 is 11.3 Å². The van der Waals surface area contributed by atoms with Crippen LogP contribution in [0, 0.1) is 0 Å². The van der Waals surface area contributed by atoms with Crippen molar-refractivity contribution < 1.29 is 0 Å². The lowest BCUT2D eigenvalue weighted by Gasteiger charge is -2.20. The molecule has 12 aromatic carbocycles. The van der Waals surface area contributed by atoms with Crippen molar-refractivity contribution >= 4 is 96.4 Å². The van der Waals surface area contributed by atoms with Crippen LogP contribution in [0.2, 0.25) is 0 Å². The molecule has 0 radical (unpaired) electrons. The van der Waals surface area contributed by atoms with Gasteiger partial charge in [0.25, 0.3) is 0 Å². The summed E-state index contributed by atoms with van der Waals surface area (Å²) in [7, 11) is 0. The van der Waals surface area contributed by atoms with E-state index in [0.717, 1.165) is 0 Å². The van der Waals surface area contributed by atoms with Gasteiger partial charge in [0.2, 0.25) is 0 Å². The fraction of sp³-hybridized carbons (Fsp3) is 0. The first-order valence-electron chi connectivity index (χ1n) is 22.8. The van der Waals surface area contributed by atoms with Gasteiger partial charge in [-0.2, -0.15) is 0 Å². The number of benzene rings is 12. The van der Waals surface area contributed by atoms with Crippen LogP contribution in [-0.4, -0.2) is 4.57 Å². The van der Waals surface area contributed by atoms with Gasteiger partial charge in [0.1, 0.15) is 0 Å². The highest BCUT2D eigenvalue weighted by Crippen LogP contribution is 2.52. The van der Waals surface area contributed by atoms with E-state index in [-0.39, 0.29) is 0 Å². The van der Waals surface area contributed by atoms with E-state index in [9.17, 15) is 0 Å². The number of aromatic nitrogens is 1. The topological polar surface area (TPSA) is 4.93 Å². The van der Waals surface area contributed by atoms with E-state index >= 15 is 0 Å². The molecule has 0 aliphatic rings. The lowest BCUT2D eigenvalue weighted by Crippen LogP contribution is -1.93. The van der Waals surface area contributed by atoms with Gasteiger partial charge < -0.3 is 4.57 Å². The molecule has 0 aliphatic heterocycles. The third-order valence-electron chi connectivity index (χ3n) is 14.0. The molecular weight excluding hydrogens is 815 g/mol. The van der Waals surface area contributed by atoms with Crippen molar-refractivity contribution in [1.82, 2.24) is 4.57 Å². The lowest BCUT2D eigenvalue weighted by atomic mass is 9.83. The molecule has 2 heterocycles. The Morgan fingerprint density at radius 1 is 0.258 bits per heavy atom. The van der Waals surface area contributed by atoms with Crippen molar-refractivity contribution in [3.05, 3.63) is 237 Å². The standard InChI is InChI=1S/C64H39NS/c1-3-19-40(20-4-1)59-44-24-7-11-28-48(44)61(49-29-12-8-25-45(49)59)52-32-17-35-57-63(52)64-53(33-18-36-58(64)66-57)62-50-30-13-9-26-46(50)60(47-27-10-14-31-51(47)62)41-37-38-56-54(39-41)43-23-15-16-34-55(43)65(56)42-21-5-2-6-22-42/h1-39H. The quantitative estimate of drug-likeness (QED) is 0.152. The molecule has 0 N–H and O–H groups in total. The summed E-state index contributed by atoms with van der Waals surface area (Å²) < 4.78 is 4.99.